The second-order valence-corrected chi connectivity index (χ2v) is 0.822. The second kappa shape index (κ2) is 1.12. The Morgan fingerprint density at radius 3 is 3.67 bits per heavy atom. The van der Waals surface area contributed by atoms with Crippen LogP contribution >= 0.6 is 0 Å². The number of hydrogen-bond donors (Lipinski definition) is 1. The van der Waals surface area contributed by atoms with E-state index in [4.69, 9.17) is 6.85 Å². The number of H-pyrrole nitrogens is 1. The minimum absolute atomic E-state index is 0.267. The van der Waals surface area contributed by atoms with Crippen LogP contribution in [0.4, 0.5) is 0 Å². The van der Waals surface area contributed by atoms with Crippen LogP contribution in [-0.4, -0.2) is 9.97 Å². The first-order valence-electron chi connectivity index (χ1n) is 3.95. The molecule has 0 aliphatic heterocycles. The molecular formula is C4H6N2. The third kappa shape index (κ3) is 0.407. The van der Waals surface area contributed by atoms with E-state index in [1.165, 1.54) is 0 Å². The maximum absolute atomic E-state index is 6.96. The van der Waals surface area contributed by atoms with Gasteiger partial charge >= 0.3 is 0 Å². The number of nitrogens with zero attached hydrogens (tertiary/aromatic N) is 1. The molecule has 0 unspecified atom stereocenters. The Balaban J connectivity index is 3.08. The van der Waals surface area contributed by atoms with Crippen LogP contribution in [0.15, 0.2) is 12.3 Å². The SMILES string of the molecule is [2H]c1nc(C([2H])([2H])[2H])[nH]c1[2H]. The van der Waals surface area contributed by atoms with Crippen LogP contribution in [0, 0.1) is 6.85 Å². The summed E-state index contributed by atoms with van der Waals surface area (Å²) in [4.78, 5) is 5.53. The molecule has 0 atom stereocenters. The fourth-order valence-electron chi connectivity index (χ4n) is 0.199. The van der Waals surface area contributed by atoms with Gasteiger partial charge < -0.3 is 4.98 Å². The van der Waals surface area contributed by atoms with Crippen molar-refractivity contribution in [1.29, 1.82) is 0 Å². The summed E-state index contributed by atoms with van der Waals surface area (Å²) in [6, 6.07) is 0. The first-order chi connectivity index (χ1) is 4.91. The van der Waals surface area contributed by atoms with Crippen molar-refractivity contribution in [2.45, 2.75) is 6.85 Å². The molecule has 0 fully saturated rings. The molecule has 1 aromatic heterocycles. The predicted molar refractivity (Wildman–Crippen MR) is 23.3 cm³/mol. The summed E-state index contributed by atoms with van der Waals surface area (Å²) in [7, 11) is 0. The lowest BCUT2D eigenvalue weighted by molar-refractivity contribution is 1.15. The molecule has 0 spiro atoms. The molecular weight excluding hydrogens is 76.1 g/mol. The maximum Gasteiger partial charge on any atom is 0.102 e. The standard InChI is InChI=1S/C4H6N2/c1-4-5-2-3-6-4/h2-3H,1H3,(H,5,6)/i1D3,2D,3D. The van der Waals surface area contributed by atoms with Crippen LogP contribution in [0.5, 0.6) is 0 Å². The number of nitrogens with one attached hydrogen (secondary N) is 1. The number of aryl methyl sites for hydroxylation is 1. The van der Waals surface area contributed by atoms with E-state index < -0.39 is 6.85 Å². The van der Waals surface area contributed by atoms with E-state index in [1.54, 1.807) is 0 Å². The van der Waals surface area contributed by atoms with Crippen LogP contribution in [0.25, 0.3) is 0 Å². The Morgan fingerprint density at radius 1 is 2.33 bits per heavy atom. The molecule has 1 aromatic rings. The lowest BCUT2D eigenvalue weighted by Crippen LogP contribution is -1.66. The Kier molecular flexibility index (Phi) is 0.166. The number of aromatic nitrogens is 2. The van der Waals surface area contributed by atoms with Crippen molar-refractivity contribution < 1.29 is 6.85 Å². The Hall–Kier alpha value is -0.790. The molecule has 0 amide bonds. The molecule has 1 heterocycles. The van der Waals surface area contributed by atoms with Crippen LogP contribution in [-0.2, 0) is 0 Å². The third-order valence-electron chi connectivity index (χ3n) is 0.405. The summed E-state index contributed by atoms with van der Waals surface area (Å²) in [6.07, 6.45) is -0.604. The zero-order chi connectivity index (χ0) is 8.65. The van der Waals surface area contributed by atoms with Crippen LogP contribution in [0.3, 0.4) is 0 Å². The molecule has 0 aromatic carbocycles. The van der Waals surface area contributed by atoms with Crippen LogP contribution < -0.4 is 0 Å². The summed E-state index contributed by atoms with van der Waals surface area (Å²) in [5, 5.41) is 0. The lowest BCUT2D eigenvalue weighted by atomic mass is 10.8. The predicted octanol–water partition coefficient (Wildman–Crippen LogP) is 0.718. The van der Waals surface area contributed by atoms with Gasteiger partial charge in [-0.2, -0.15) is 0 Å². The fraction of sp³-hybridized carbons (Fsp3) is 0.250. The molecule has 1 rings (SSSR count). The van der Waals surface area contributed by atoms with Gasteiger partial charge in [-0.05, 0) is 6.85 Å². The lowest BCUT2D eigenvalue weighted by Gasteiger charge is -1.68. The second-order valence-electron chi connectivity index (χ2n) is 0.822. The highest BCUT2D eigenvalue weighted by Crippen LogP contribution is 1.78. The quantitative estimate of drug-likeness (QED) is 0.496. The Labute approximate surface area is 43.3 Å². The normalized spacial score (nSPS) is 23.0. The van der Waals surface area contributed by atoms with E-state index in [0.29, 0.717) is 0 Å². The molecule has 2 heteroatoms. The third-order valence-corrected chi connectivity index (χ3v) is 0.405. The van der Waals surface area contributed by atoms with Crippen molar-refractivity contribution in [3.63, 3.8) is 0 Å². The summed E-state index contributed by atoms with van der Waals surface area (Å²) in [6.45, 7) is -2.35. The van der Waals surface area contributed by atoms with Crippen molar-refractivity contribution >= 4 is 0 Å². The first-order valence-corrected chi connectivity index (χ1v) is 1.45. The Bertz CT molecular complexity index is 242. The van der Waals surface area contributed by atoms with Gasteiger partial charge in [0, 0.05) is 16.5 Å². The van der Waals surface area contributed by atoms with Gasteiger partial charge in [-0.1, -0.05) is 0 Å². The molecule has 32 valence electrons. The van der Waals surface area contributed by atoms with E-state index in [1.807, 2.05) is 0 Å². The van der Waals surface area contributed by atoms with Crippen LogP contribution in [0.1, 0.15) is 12.7 Å². The van der Waals surface area contributed by atoms with Gasteiger partial charge in [-0.3, -0.25) is 0 Å². The minimum atomic E-state index is -2.35. The number of imidazole rings is 1. The zero-order valence-electron chi connectivity index (χ0n) is 7.95. The highest BCUT2D eigenvalue weighted by atomic mass is 14.9. The van der Waals surface area contributed by atoms with Crippen molar-refractivity contribution in [3.05, 3.63) is 18.2 Å². The molecule has 1 N–H and O–H groups in total. The summed E-state index contributed by atoms with van der Waals surface area (Å²) < 4.78 is 34.5. The van der Waals surface area contributed by atoms with Crippen molar-refractivity contribution in [2.24, 2.45) is 0 Å². The Morgan fingerprint density at radius 2 is 3.33 bits per heavy atom. The maximum atomic E-state index is 6.96. The molecule has 0 aliphatic carbocycles. The molecule has 0 bridgehead atoms. The fourth-order valence-corrected chi connectivity index (χ4v) is 0.199. The molecule has 0 saturated carbocycles. The van der Waals surface area contributed by atoms with Crippen molar-refractivity contribution in [3.8, 4) is 0 Å². The van der Waals surface area contributed by atoms with Crippen LogP contribution in [0.2, 0.25) is 0 Å². The van der Waals surface area contributed by atoms with Gasteiger partial charge in [0.05, 0.1) is 2.74 Å². The van der Waals surface area contributed by atoms with Crippen molar-refractivity contribution in [2.75, 3.05) is 0 Å². The molecule has 0 saturated heterocycles. The van der Waals surface area contributed by atoms with Gasteiger partial charge in [0.15, 0.2) is 0 Å². The van der Waals surface area contributed by atoms with Gasteiger partial charge in [-0.15, -0.1) is 0 Å². The number of rotatable bonds is 0. The molecule has 2 nitrogen and oxygen atoms in total. The number of aromatic amines is 1. The smallest absolute Gasteiger partial charge is 0.102 e. The van der Waals surface area contributed by atoms with E-state index >= 15 is 0 Å². The summed E-state index contributed by atoms with van der Waals surface area (Å²) in [5.41, 5.74) is 0. The van der Waals surface area contributed by atoms with E-state index in [9.17, 15) is 0 Å². The molecule has 0 radical (unpaired) electrons. The van der Waals surface area contributed by atoms with E-state index in [-0.39, 0.29) is 18.2 Å². The largest absolute Gasteiger partial charge is 0.349 e. The topological polar surface area (TPSA) is 28.7 Å². The van der Waals surface area contributed by atoms with Gasteiger partial charge in [0.25, 0.3) is 0 Å². The molecule has 6 heavy (non-hydrogen) atoms. The molecule has 0 aliphatic rings. The van der Waals surface area contributed by atoms with Gasteiger partial charge in [0.1, 0.15) is 5.82 Å². The van der Waals surface area contributed by atoms with Crippen molar-refractivity contribution in [1.82, 2.24) is 9.97 Å². The number of hydrogen-bond acceptors (Lipinski definition) is 1. The highest BCUT2D eigenvalue weighted by Gasteiger charge is 1.73. The summed E-state index contributed by atoms with van der Waals surface area (Å²) >= 11 is 0. The first kappa shape index (κ1) is 0.886. The van der Waals surface area contributed by atoms with Gasteiger partial charge in [-0.25, -0.2) is 4.98 Å². The average Bonchev–Trinajstić information content (AvgIpc) is 2.11. The highest BCUT2D eigenvalue weighted by molar-refractivity contribution is 4.80. The summed E-state index contributed by atoms with van der Waals surface area (Å²) in [5.74, 6) is -0.299. The average molecular weight is 87.1 g/mol. The van der Waals surface area contributed by atoms with Gasteiger partial charge in [0.2, 0.25) is 0 Å². The van der Waals surface area contributed by atoms with E-state index in [2.05, 4.69) is 9.97 Å². The van der Waals surface area contributed by atoms with E-state index in [0.717, 1.165) is 0 Å². The monoisotopic (exact) mass is 87.1 g/mol. The minimum Gasteiger partial charge on any atom is -0.349 e. The zero-order valence-corrected chi connectivity index (χ0v) is 2.95.